The van der Waals surface area contributed by atoms with Gasteiger partial charge in [-0.25, -0.2) is 9.78 Å². The van der Waals surface area contributed by atoms with E-state index in [2.05, 4.69) is 22.1 Å². The van der Waals surface area contributed by atoms with Crippen molar-refractivity contribution in [2.45, 2.75) is 39.2 Å². The van der Waals surface area contributed by atoms with Gasteiger partial charge in [0.05, 0.1) is 50.5 Å². The molecule has 3 rings (SSSR count). The first kappa shape index (κ1) is 17.5. The lowest BCUT2D eigenvalue weighted by Crippen LogP contribution is -2.55. The fourth-order valence-electron chi connectivity index (χ4n) is 2.84. The normalized spacial score (nSPS) is 16.3. The molecule has 7 heteroatoms. The van der Waals surface area contributed by atoms with Crippen molar-refractivity contribution in [3.05, 3.63) is 30.5 Å². The Balaban J connectivity index is 1.70. The third-order valence-corrected chi connectivity index (χ3v) is 4.45. The molecule has 2 aromatic heterocycles. The summed E-state index contributed by atoms with van der Waals surface area (Å²) in [7, 11) is 2.28. The minimum absolute atomic E-state index is 0.502. The van der Waals surface area contributed by atoms with Crippen LogP contribution in [0.3, 0.4) is 0 Å². The number of nitrogens with zero attached hydrogens (tertiary/aromatic N) is 5. The van der Waals surface area contributed by atoms with E-state index in [0.717, 1.165) is 34.4 Å². The minimum Gasteiger partial charge on any atom is -0.442 e. The molecule has 0 aliphatic carbocycles. The van der Waals surface area contributed by atoms with Gasteiger partial charge in [0, 0.05) is 30.8 Å². The average Bonchev–Trinajstić information content (AvgIpc) is 3.00. The van der Waals surface area contributed by atoms with Gasteiger partial charge in [0.15, 0.2) is 0 Å². The molecule has 1 aliphatic rings. The highest BCUT2D eigenvalue weighted by Crippen LogP contribution is 2.19. The predicted octanol–water partition coefficient (Wildman–Crippen LogP) is 2.52. The zero-order chi connectivity index (χ0) is 18.1. The van der Waals surface area contributed by atoms with Gasteiger partial charge in [-0.3, -0.25) is 4.98 Å². The van der Waals surface area contributed by atoms with Gasteiger partial charge >= 0.3 is 6.09 Å². The van der Waals surface area contributed by atoms with Crippen molar-refractivity contribution in [1.82, 2.24) is 19.7 Å². The summed E-state index contributed by atoms with van der Waals surface area (Å²) in [6, 6.07) is 0. The van der Waals surface area contributed by atoms with E-state index in [1.807, 2.05) is 27.0 Å². The number of likely N-dealkylation sites (N-methyl/N-ethyl adjacent to an activating group) is 1. The van der Waals surface area contributed by atoms with Crippen LogP contribution in [-0.2, 0) is 11.2 Å². The van der Waals surface area contributed by atoms with Crippen LogP contribution in [0.4, 0.5) is 4.79 Å². The van der Waals surface area contributed by atoms with Crippen LogP contribution in [0, 0.1) is 0 Å². The molecule has 0 spiro atoms. The first-order valence-corrected chi connectivity index (χ1v) is 8.67. The summed E-state index contributed by atoms with van der Waals surface area (Å²) in [5.41, 5.74) is 1.88. The third-order valence-electron chi connectivity index (χ3n) is 4.45. The molecule has 2 aromatic rings. The highest BCUT2D eigenvalue weighted by atomic mass is 16.6. The molecule has 0 atom stereocenters. The molecule has 3 heterocycles. The Kier molecular flexibility index (Phi) is 4.60. The van der Waals surface area contributed by atoms with Crippen LogP contribution in [0.5, 0.6) is 0 Å². The summed E-state index contributed by atoms with van der Waals surface area (Å²) >= 11 is 0. The molecule has 1 aliphatic heterocycles. The zero-order valence-electron chi connectivity index (χ0n) is 15.4. The molecule has 7 nitrogen and oxygen atoms in total. The van der Waals surface area contributed by atoms with E-state index in [0.29, 0.717) is 0 Å². The zero-order valence-corrected chi connectivity index (χ0v) is 15.4. The van der Waals surface area contributed by atoms with Crippen molar-refractivity contribution < 1.29 is 14.0 Å². The van der Waals surface area contributed by atoms with Gasteiger partial charge in [-0.15, -0.1) is 0 Å². The largest absolute Gasteiger partial charge is 0.442 e. The van der Waals surface area contributed by atoms with Crippen LogP contribution in [0.15, 0.2) is 24.8 Å². The van der Waals surface area contributed by atoms with Crippen LogP contribution >= 0.6 is 0 Å². The van der Waals surface area contributed by atoms with Gasteiger partial charge in [0.25, 0.3) is 0 Å². The maximum atomic E-state index is 12.1. The minimum atomic E-state index is -0.557. The van der Waals surface area contributed by atoms with Crippen molar-refractivity contribution in [2.75, 3.05) is 26.7 Å². The van der Waals surface area contributed by atoms with Gasteiger partial charge in [-0.05, 0) is 20.8 Å². The Morgan fingerprint density at radius 3 is 2.68 bits per heavy atom. The highest BCUT2D eigenvalue weighted by Gasteiger charge is 2.29. The van der Waals surface area contributed by atoms with Crippen molar-refractivity contribution in [3.63, 3.8) is 0 Å². The number of hydrogen-bond acceptors (Lipinski definition) is 5. The molecule has 0 radical (unpaired) electrons. The fourth-order valence-corrected chi connectivity index (χ4v) is 2.84. The summed E-state index contributed by atoms with van der Waals surface area (Å²) in [5.74, 6) is 0. The Morgan fingerprint density at radius 1 is 1.28 bits per heavy atom. The number of hydrogen-bond donors (Lipinski definition) is 0. The summed E-state index contributed by atoms with van der Waals surface area (Å²) in [6.07, 6.45) is 8.46. The monoisotopic (exact) mass is 344 g/mol. The Bertz CT molecular complexity index is 759. The molecular weight excluding hydrogens is 318 g/mol. The van der Waals surface area contributed by atoms with Crippen LogP contribution in [0.2, 0.25) is 0 Å². The molecule has 0 N–H and O–H groups in total. The van der Waals surface area contributed by atoms with E-state index in [4.69, 9.17) is 4.74 Å². The van der Waals surface area contributed by atoms with Gasteiger partial charge in [0.2, 0.25) is 0 Å². The molecule has 25 heavy (non-hydrogen) atoms. The van der Waals surface area contributed by atoms with Crippen molar-refractivity contribution in [1.29, 1.82) is 0 Å². The van der Waals surface area contributed by atoms with E-state index < -0.39 is 11.7 Å². The summed E-state index contributed by atoms with van der Waals surface area (Å²) in [5, 5.41) is 4.09. The summed E-state index contributed by atoms with van der Waals surface area (Å²) in [4.78, 5) is 21.0. The fraction of sp³-hybridized carbons (Fsp3) is 0.556. The number of likely N-dealkylation sites (tertiary alicyclic amines) is 1. The first-order chi connectivity index (χ1) is 11.7. The van der Waals surface area contributed by atoms with Gasteiger partial charge in [-0.2, -0.15) is 9.78 Å². The topological polar surface area (TPSA) is 69.9 Å². The number of aromatic nitrogens is 4. The molecule has 0 unspecified atom stereocenters. The van der Waals surface area contributed by atoms with E-state index in [1.54, 1.807) is 18.6 Å². The van der Waals surface area contributed by atoms with Gasteiger partial charge in [-0.1, -0.05) is 0 Å². The number of carbonyl (C=O) groups is 1. The van der Waals surface area contributed by atoms with Crippen molar-refractivity contribution >= 4 is 6.09 Å². The summed E-state index contributed by atoms with van der Waals surface area (Å²) in [6.45, 7) is 9.04. The molecule has 0 saturated carbocycles. The second-order valence-electron chi connectivity index (χ2n) is 7.94. The lowest BCUT2D eigenvalue weighted by molar-refractivity contribution is -0.945. The van der Waals surface area contributed by atoms with Crippen LogP contribution < -0.4 is 0 Å². The first-order valence-electron chi connectivity index (χ1n) is 8.67. The maximum absolute atomic E-state index is 12.1. The van der Waals surface area contributed by atoms with Gasteiger partial charge < -0.3 is 9.22 Å². The van der Waals surface area contributed by atoms with Crippen LogP contribution in [-0.4, -0.2) is 62.6 Å². The quantitative estimate of drug-likeness (QED) is 0.797. The number of carbonyl (C=O) groups excluding carboxylic acids is 1. The lowest BCUT2D eigenvalue weighted by atomic mass is 10.1. The Hall–Kier alpha value is -2.28. The highest BCUT2D eigenvalue weighted by molar-refractivity contribution is 5.71. The molecule has 0 aromatic carbocycles. The average molecular weight is 344 g/mol. The standard InChI is InChI=1S/C18H26N5O2/c1-18(2,3)25-17(24)22-13-14(10-20-22)16-12-19-11-15(21-16)6-9-23(4)7-5-8-23/h10-13H,5-9H2,1-4H3/q+1. The smallest absolute Gasteiger partial charge is 0.435 e. The van der Waals surface area contributed by atoms with E-state index in [-0.39, 0.29) is 0 Å². The molecule has 134 valence electrons. The van der Waals surface area contributed by atoms with Gasteiger partial charge in [0.1, 0.15) is 5.60 Å². The maximum Gasteiger partial charge on any atom is 0.435 e. The van der Waals surface area contributed by atoms with Crippen molar-refractivity contribution in [3.8, 4) is 11.3 Å². The SMILES string of the molecule is CC(C)(C)OC(=O)n1cc(-c2cncc(CC[N+]3(C)CCC3)n2)cn1. The summed E-state index contributed by atoms with van der Waals surface area (Å²) < 4.78 is 7.62. The predicted molar refractivity (Wildman–Crippen MR) is 94.0 cm³/mol. The number of ether oxygens (including phenoxy) is 1. The molecule has 1 fully saturated rings. The third kappa shape index (κ3) is 4.42. The second-order valence-corrected chi connectivity index (χ2v) is 7.94. The molecular formula is C18H26N5O2+. The number of quaternary nitrogens is 1. The Labute approximate surface area is 148 Å². The number of rotatable bonds is 4. The van der Waals surface area contributed by atoms with E-state index in [9.17, 15) is 4.79 Å². The van der Waals surface area contributed by atoms with E-state index >= 15 is 0 Å². The van der Waals surface area contributed by atoms with Crippen LogP contribution in [0.1, 0.15) is 32.9 Å². The molecule has 1 saturated heterocycles. The molecule has 0 bridgehead atoms. The Morgan fingerprint density at radius 2 is 2.04 bits per heavy atom. The van der Waals surface area contributed by atoms with Crippen LogP contribution in [0.25, 0.3) is 11.3 Å². The lowest BCUT2D eigenvalue weighted by Gasteiger charge is -2.42. The molecule has 0 amide bonds. The second kappa shape index (κ2) is 6.55. The van der Waals surface area contributed by atoms with E-state index in [1.165, 1.54) is 24.2 Å². The van der Waals surface area contributed by atoms with Crippen molar-refractivity contribution in [2.24, 2.45) is 0 Å².